The molecule has 0 amide bonds. The fourth-order valence-electron chi connectivity index (χ4n) is 3.13. The van der Waals surface area contributed by atoms with Crippen molar-refractivity contribution in [3.05, 3.63) is 34.1 Å². The van der Waals surface area contributed by atoms with Crippen molar-refractivity contribution >= 4 is 16.0 Å². The van der Waals surface area contributed by atoms with E-state index in [9.17, 15) is 13.2 Å². The average Bonchev–Trinajstić information content (AvgIpc) is 2.96. The van der Waals surface area contributed by atoms with E-state index in [4.69, 9.17) is 0 Å². The largest absolute Gasteiger partial charge is 0.342 e. The molecule has 1 aliphatic rings. The predicted octanol–water partition coefficient (Wildman–Crippen LogP) is 0.550. The van der Waals surface area contributed by atoms with E-state index in [0.717, 1.165) is 0 Å². The number of aryl methyl sites for hydroxylation is 3. The summed E-state index contributed by atoms with van der Waals surface area (Å²) in [5.41, 5.74) is 0.477. The van der Waals surface area contributed by atoms with E-state index in [1.54, 1.807) is 24.6 Å². The van der Waals surface area contributed by atoms with E-state index in [-0.39, 0.29) is 16.6 Å². The number of rotatable bonds is 5. The van der Waals surface area contributed by atoms with Gasteiger partial charge < -0.3 is 9.47 Å². The molecule has 0 aliphatic carbocycles. The van der Waals surface area contributed by atoms with E-state index in [0.29, 0.717) is 49.9 Å². The van der Waals surface area contributed by atoms with E-state index in [2.05, 4.69) is 19.7 Å². The van der Waals surface area contributed by atoms with Gasteiger partial charge in [0.2, 0.25) is 5.95 Å². The molecule has 9 nitrogen and oxygen atoms in total. The van der Waals surface area contributed by atoms with Gasteiger partial charge in [-0.05, 0) is 33.6 Å². The summed E-state index contributed by atoms with van der Waals surface area (Å²) in [7, 11) is -3.64. The first-order valence-electron chi connectivity index (χ1n) is 8.67. The van der Waals surface area contributed by atoms with E-state index in [1.165, 1.54) is 6.07 Å². The fraction of sp³-hybridized carbons (Fsp3) is 0.562. The minimum atomic E-state index is -3.64. The van der Waals surface area contributed by atoms with Gasteiger partial charge in [-0.2, -0.15) is 0 Å². The van der Waals surface area contributed by atoms with Crippen LogP contribution < -0.4 is 15.2 Å². The molecular weight excluding hydrogens is 356 g/mol. The molecule has 1 fully saturated rings. The number of aromatic amines is 1. The lowest BCUT2D eigenvalue weighted by molar-refractivity contribution is 0.455. The third kappa shape index (κ3) is 3.96. The van der Waals surface area contributed by atoms with Gasteiger partial charge in [0.1, 0.15) is 5.82 Å². The summed E-state index contributed by atoms with van der Waals surface area (Å²) in [5.74, 6) is 1.21. The Morgan fingerprint density at radius 2 is 1.96 bits per heavy atom. The number of piperidine rings is 1. The van der Waals surface area contributed by atoms with Gasteiger partial charge in [-0.15, -0.1) is 0 Å². The Bertz CT molecular complexity index is 941. The quantitative estimate of drug-likeness (QED) is 0.783. The fourth-order valence-corrected chi connectivity index (χ4v) is 4.44. The summed E-state index contributed by atoms with van der Waals surface area (Å²) in [4.78, 5) is 24.8. The molecule has 3 rings (SSSR count). The van der Waals surface area contributed by atoms with Crippen molar-refractivity contribution in [1.29, 1.82) is 0 Å². The van der Waals surface area contributed by atoms with Crippen LogP contribution in [0.5, 0.6) is 0 Å². The van der Waals surface area contributed by atoms with Crippen molar-refractivity contribution in [2.24, 2.45) is 0 Å². The van der Waals surface area contributed by atoms with Crippen LogP contribution in [0.1, 0.15) is 31.3 Å². The Balaban J connectivity index is 1.65. The molecule has 2 N–H and O–H groups in total. The van der Waals surface area contributed by atoms with Crippen LogP contribution in [-0.2, 0) is 16.6 Å². The van der Waals surface area contributed by atoms with Crippen LogP contribution in [-0.4, -0.2) is 47.1 Å². The standard InChI is InChI=1S/C16H24N6O3S/c1-4-21-10-15(18-12(21)3)26(24,25)20-13-5-7-22(8-6-13)16-17-11(2)9-14(23)19-16/h9-10,13,20H,4-8H2,1-3H3,(H,17,19,23). The molecule has 10 heteroatoms. The Morgan fingerprint density at radius 3 is 2.54 bits per heavy atom. The van der Waals surface area contributed by atoms with E-state index in [1.807, 2.05) is 11.8 Å². The van der Waals surface area contributed by atoms with Crippen molar-refractivity contribution in [3.8, 4) is 0 Å². The Morgan fingerprint density at radius 1 is 1.27 bits per heavy atom. The number of nitrogens with zero attached hydrogens (tertiary/aromatic N) is 4. The van der Waals surface area contributed by atoms with E-state index < -0.39 is 10.0 Å². The van der Waals surface area contributed by atoms with Crippen molar-refractivity contribution < 1.29 is 8.42 Å². The molecule has 1 aliphatic heterocycles. The third-order valence-corrected chi connectivity index (χ3v) is 5.93. The maximum atomic E-state index is 12.6. The zero-order valence-corrected chi connectivity index (χ0v) is 16.0. The molecular formula is C16H24N6O3S. The van der Waals surface area contributed by atoms with Crippen molar-refractivity contribution in [2.75, 3.05) is 18.0 Å². The lowest BCUT2D eigenvalue weighted by atomic mass is 10.1. The van der Waals surface area contributed by atoms with Gasteiger partial charge in [0.15, 0.2) is 5.03 Å². The molecule has 3 heterocycles. The van der Waals surface area contributed by atoms with E-state index >= 15 is 0 Å². The summed E-state index contributed by atoms with van der Waals surface area (Å²) < 4.78 is 29.7. The maximum Gasteiger partial charge on any atom is 0.259 e. The monoisotopic (exact) mass is 380 g/mol. The molecule has 0 saturated carbocycles. The highest BCUT2D eigenvalue weighted by atomic mass is 32.2. The predicted molar refractivity (Wildman–Crippen MR) is 97.8 cm³/mol. The van der Waals surface area contributed by atoms with Crippen LogP contribution in [0.15, 0.2) is 22.1 Å². The second-order valence-corrected chi connectivity index (χ2v) is 8.17. The zero-order chi connectivity index (χ0) is 18.9. The van der Waals surface area contributed by atoms with Crippen LogP contribution in [0.25, 0.3) is 0 Å². The van der Waals surface area contributed by atoms with Gasteiger partial charge in [-0.3, -0.25) is 9.78 Å². The zero-order valence-electron chi connectivity index (χ0n) is 15.2. The van der Waals surface area contributed by atoms with Crippen LogP contribution >= 0.6 is 0 Å². The molecule has 2 aromatic rings. The Labute approximate surface area is 152 Å². The van der Waals surface area contributed by atoms with Gasteiger partial charge >= 0.3 is 0 Å². The van der Waals surface area contributed by atoms with Gasteiger partial charge in [0, 0.05) is 43.6 Å². The highest BCUT2D eigenvalue weighted by molar-refractivity contribution is 7.89. The van der Waals surface area contributed by atoms with Gasteiger partial charge in [-0.25, -0.2) is 23.1 Å². The SMILES string of the molecule is CCn1cc(S(=O)(=O)NC2CCN(c3nc(C)cc(=O)[nH]3)CC2)nc1C. The highest BCUT2D eigenvalue weighted by Crippen LogP contribution is 2.18. The second-order valence-electron chi connectivity index (χ2n) is 6.51. The maximum absolute atomic E-state index is 12.6. The average molecular weight is 380 g/mol. The Kier molecular flexibility index (Phi) is 5.15. The van der Waals surface area contributed by atoms with Crippen molar-refractivity contribution in [3.63, 3.8) is 0 Å². The first kappa shape index (κ1) is 18.6. The molecule has 0 radical (unpaired) electrons. The van der Waals surface area contributed by atoms with Crippen molar-refractivity contribution in [2.45, 2.75) is 51.2 Å². The summed E-state index contributed by atoms with van der Waals surface area (Å²) in [6.45, 7) is 7.41. The molecule has 1 saturated heterocycles. The molecule has 0 aromatic carbocycles. The van der Waals surface area contributed by atoms with Gasteiger partial charge in [0.05, 0.1) is 0 Å². The number of sulfonamides is 1. The summed E-state index contributed by atoms with van der Waals surface area (Å²) >= 11 is 0. The minimum Gasteiger partial charge on any atom is -0.342 e. The summed E-state index contributed by atoms with van der Waals surface area (Å²) in [6, 6.07) is 1.28. The molecule has 0 atom stereocenters. The van der Waals surface area contributed by atoms with Crippen LogP contribution in [0.3, 0.4) is 0 Å². The van der Waals surface area contributed by atoms with Crippen molar-refractivity contribution in [1.82, 2.24) is 24.2 Å². The second kappa shape index (κ2) is 7.20. The smallest absolute Gasteiger partial charge is 0.259 e. The number of aromatic nitrogens is 4. The molecule has 26 heavy (non-hydrogen) atoms. The first-order valence-corrected chi connectivity index (χ1v) is 10.2. The van der Waals surface area contributed by atoms with Crippen LogP contribution in [0, 0.1) is 13.8 Å². The van der Waals surface area contributed by atoms with Crippen LogP contribution in [0.2, 0.25) is 0 Å². The summed E-state index contributed by atoms with van der Waals surface area (Å²) in [5, 5.41) is 0.0592. The third-order valence-electron chi connectivity index (χ3n) is 4.54. The van der Waals surface area contributed by atoms with Gasteiger partial charge in [-0.1, -0.05) is 0 Å². The number of nitrogens with one attached hydrogen (secondary N) is 2. The topological polar surface area (TPSA) is 113 Å². The number of hydrogen-bond donors (Lipinski definition) is 2. The summed E-state index contributed by atoms with van der Waals surface area (Å²) in [6.07, 6.45) is 2.82. The van der Waals surface area contributed by atoms with Gasteiger partial charge in [0.25, 0.3) is 15.6 Å². The normalized spacial score (nSPS) is 16.2. The number of H-pyrrole nitrogens is 1. The lowest BCUT2D eigenvalue weighted by Gasteiger charge is -2.32. The Hall–Kier alpha value is -2.20. The molecule has 0 spiro atoms. The minimum absolute atomic E-state index is 0.0592. The number of imidazole rings is 1. The lowest BCUT2D eigenvalue weighted by Crippen LogP contribution is -2.45. The highest BCUT2D eigenvalue weighted by Gasteiger charge is 2.27. The molecule has 2 aromatic heterocycles. The van der Waals surface area contributed by atoms with Crippen LogP contribution in [0.4, 0.5) is 5.95 Å². The molecule has 142 valence electrons. The molecule has 0 unspecified atom stereocenters. The number of anilines is 1. The first-order chi connectivity index (χ1) is 12.3. The number of hydrogen-bond acceptors (Lipinski definition) is 6. The molecule has 0 bridgehead atoms.